The van der Waals surface area contributed by atoms with Crippen LogP contribution in [0.2, 0.25) is 0 Å². The molecule has 0 aliphatic rings. The molecule has 0 spiro atoms. The second-order valence-corrected chi connectivity index (χ2v) is 7.14. The number of halogens is 1. The van der Waals surface area contributed by atoms with Gasteiger partial charge in [-0.25, -0.2) is 4.98 Å². The summed E-state index contributed by atoms with van der Waals surface area (Å²) >= 11 is 5.30. The highest BCUT2D eigenvalue weighted by atomic mass is 79.9. The van der Waals surface area contributed by atoms with Crippen molar-refractivity contribution in [2.75, 3.05) is 0 Å². The molecule has 4 heteroatoms. The molecule has 0 atom stereocenters. The van der Waals surface area contributed by atoms with Crippen molar-refractivity contribution in [3.05, 3.63) is 57.0 Å². The monoisotopic (exact) mass is 358 g/mol. The highest BCUT2D eigenvalue weighted by Crippen LogP contribution is 2.36. The summed E-state index contributed by atoms with van der Waals surface area (Å²) in [6, 6.07) is 10.3. The Morgan fingerprint density at radius 2 is 1.81 bits per heavy atom. The van der Waals surface area contributed by atoms with Crippen molar-refractivity contribution in [3.8, 4) is 22.0 Å². The molecule has 0 saturated heterocycles. The number of nitrogens with zero attached hydrogens (tertiary/aromatic N) is 2. The summed E-state index contributed by atoms with van der Waals surface area (Å²) in [5.41, 5.74) is 5.48. The number of aryl methyl sites for hydroxylation is 3. The van der Waals surface area contributed by atoms with Crippen LogP contribution in [0.1, 0.15) is 16.0 Å². The van der Waals surface area contributed by atoms with E-state index in [1.165, 1.54) is 16.0 Å². The molecule has 0 bridgehead atoms. The van der Waals surface area contributed by atoms with Gasteiger partial charge >= 0.3 is 0 Å². The molecule has 2 aromatic heterocycles. The number of rotatable bonds is 2. The third-order valence-electron chi connectivity index (χ3n) is 3.34. The maximum atomic E-state index is 4.83. The topological polar surface area (TPSA) is 25.8 Å². The fourth-order valence-corrected chi connectivity index (χ4v) is 3.80. The summed E-state index contributed by atoms with van der Waals surface area (Å²) < 4.78 is 1.07. The van der Waals surface area contributed by atoms with Crippen LogP contribution in [0, 0.1) is 20.8 Å². The molecule has 0 saturated carbocycles. The summed E-state index contributed by atoms with van der Waals surface area (Å²) in [5, 5.41) is 0.982. The molecule has 0 N–H and O–H groups in total. The lowest BCUT2D eigenvalue weighted by atomic mass is 10.1. The van der Waals surface area contributed by atoms with Gasteiger partial charge in [0.2, 0.25) is 0 Å². The molecule has 0 aliphatic carbocycles. The van der Waals surface area contributed by atoms with E-state index in [0.29, 0.717) is 0 Å². The van der Waals surface area contributed by atoms with Crippen molar-refractivity contribution in [3.63, 3.8) is 0 Å². The van der Waals surface area contributed by atoms with Gasteiger partial charge < -0.3 is 0 Å². The standard InChI is InChI=1S/C17H15BrN2S/c1-10-8-11(2)15(19-9-10)17-20-16(12(3)21-17)13-6-4-5-7-14(13)18/h4-9H,1-3H3. The molecule has 3 aromatic rings. The summed E-state index contributed by atoms with van der Waals surface area (Å²) in [6.45, 7) is 6.26. The lowest BCUT2D eigenvalue weighted by Gasteiger charge is -2.03. The van der Waals surface area contributed by atoms with Crippen molar-refractivity contribution in [2.24, 2.45) is 0 Å². The van der Waals surface area contributed by atoms with E-state index in [4.69, 9.17) is 4.98 Å². The van der Waals surface area contributed by atoms with E-state index in [0.717, 1.165) is 26.4 Å². The van der Waals surface area contributed by atoms with Gasteiger partial charge in [0.15, 0.2) is 0 Å². The fourth-order valence-electron chi connectivity index (χ4n) is 2.34. The van der Waals surface area contributed by atoms with E-state index in [1.807, 2.05) is 24.4 Å². The molecule has 0 amide bonds. The molecule has 0 aliphatic heterocycles. The summed E-state index contributed by atoms with van der Waals surface area (Å²) in [4.78, 5) is 10.6. The first-order valence-electron chi connectivity index (χ1n) is 6.72. The number of thiazole rings is 1. The molecule has 0 fully saturated rings. The number of hydrogen-bond donors (Lipinski definition) is 0. The Morgan fingerprint density at radius 1 is 1.05 bits per heavy atom. The third-order valence-corrected chi connectivity index (χ3v) is 5.01. The maximum absolute atomic E-state index is 4.83. The predicted octanol–water partition coefficient (Wildman–Crippen LogP) is 5.56. The minimum Gasteiger partial charge on any atom is -0.253 e. The number of benzene rings is 1. The van der Waals surface area contributed by atoms with Crippen LogP contribution in [-0.4, -0.2) is 9.97 Å². The van der Waals surface area contributed by atoms with Gasteiger partial charge in [0.05, 0.1) is 5.69 Å². The van der Waals surface area contributed by atoms with Gasteiger partial charge in [0, 0.05) is 21.1 Å². The van der Waals surface area contributed by atoms with Crippen molar-refractivity contribution < 1.29 is 0 Å². The lowest BCUT2D eigenvalue weighted by molar-refractivity contribution is 1.21. The van der Waals surface area contributed by atoms with Crippen molar-refractivity contribution in [1.29, 1.82) is 0 Å². The van der Waals surface area contributed by atoms with Crippen molar-refractivity contribution in [1.82, 2.24) is 9.97 Å². The van der Waals surface area contributed by atoms with Crippen LogP contribution in [-0.2, 0) is 0 Å². The predicted molar refractivity (Wildman–Crippen MR) is 92.7 cm³/mol. The van der Waals surface area contributed by atoms with Gasteiger partial charge in [0.1, 0.15) is 10.7 Å². The van der Waals surface area contributed by atoms with Gasteiger partial charge in [-0.05, 0) is 38.0 Å². The second kappa shape index (κ2) is 5.70. The highest BCUT2D eigenvalue weighted by Gasteiger charge is 2.15. The molecule has 1 aromatic carbocycles. The van der Waals surface area contributed by atoms with Gasteiger partial charge in [-0.1, -0.05) is 40.2 Å². The number of hydrogen-bond acceptors (Lipinski definition) is 3. The first-order valence-corrected chi connectivity index (χ1v) is 8.33. The third kappa shape index (κ3) is 2.78. The van der Waals surface area contributed by atoms with Gasteiger partial charge in [0.25, 0.3) is 0 Å². The van der Waals surface area contributed by atoms with E-state index in [9.17, 15) is 0 Å². The largest absolute Gasteiger partial charge is 0.253 e. The van der Waals surface area contributed by atoms with Crippen LogP contribution < -0.4 is 0 Å². The van der Waals surface area contributed by atoms with E-state index in [2.05, 4.69) is 53.8 Å². The van der Waals surface area contributed by atoms with Crippen LogP contribution in [0.25, 0.3) is 22.0 Å². The fraction of sp³-hybridized carbons (Fsp3) is 0.176. The molecule has 2 heterocycles. The molecule has 21 heavy (non-hydrogen) atoms. The molecular formula is C17H15BrN2S. The smallest absolute Gasteiger partial charge is 0.143 e. The lowest BCUT2D eigenvalue weighted by Crippen LogP contribution is -1.89. The Kier molecular flexibility index (Phi) is 3.91. The zero-order chi connectivity index (χ0) is 15.0. The Morgan fingerprint density at radius 3 is 2.52 bits per heavy atom. The highest BCUT2D eigenvalue weighted by molar-refractivity contribution is 9.10. The Balaban J connectivity index is 2.12. The minimum atomic E-state index is 0.979. The maximum Gasteiger partial charge on any atom is 0.143 e. The zero-order valence-electron chi connectivity index (χ0n) is 12.1. The summed E-state index contributed by atoms with van der Waals surface area (Å²) in [7, 11) is 0. The van der Waals surface area contributed by atoms with Crippen LogP contribution >= 0.6 is 27.3 Å². The van der Waals surface area contributed by atoms with Crippen LogP contribution in [0.4, 0.5) is 0 Å². The average Bonchev–Trinajstić information content (AvgIpc) is 2.81. The Hall–Kier alpha value is -1.52. The van der Waals surface area contributed by atoms with E-state index in [-0.39, 0.29) is 0 Å². The van der Waals surface area contributed by atoms with Gasteiger partial charge in [-0.15, -0.1) is 11.3 Å². The van der Waals surface area contributed by atoms with Crippen molar-refractivity contribution in [2.45, 2.75) is 20.8 Å². The first-order chi connectivity index (χ1) is 10.1. The molecule has 0 unspecified atom stereocenters. The van der Waals surface area contributed by atoms with Crippen molar-refractivity contribution >= 4 is 27.3 Å². The van der Waals surface area contributed by atoms with E-state index >= 15 is 0 Å². The van der Waals surface area contributed by atoms with Crippen LogP contribution in [0.3, 0.4) is 0 Å². The number of pyridine rings is 1. The van der Waals surface area contributed by atoms with Crippen LogP contribution in [0.15, 0.2) is 41.0 Å². The second-order valence-electron chi connectivity index (χ2n) is 5.08. The normalized spacial score (nSPS) is 10.9. The van der Waals surface area contributed by atoms with Gasteiger partial charge in [-0.2, -0.15) is 0 Å². The zero-order valence-corrected chi connectivity index (χ0v) is 14.5. The molecular weight excluding hydrogens is 344 g/mol. The molecule has 0 radical (unpaired) electrons. The number of aromatic nitrogens is 2. The molecule has 106 valence electrons. The SMILES string of the molecule is Cc1cnc(-c2nc(-c3ccccc3Br)c(C)s2)c(C)c1. The quantitative estimate of drug-likeness (QED) is 0.599. The Labute approximate surface area is 137 Å². The Bertz CT molecular complexity index is 808. The van der Waals surface area contributed by atoms with E-state index < -0.39 is 0 Å². The van der Waals surface area contributed by atoms with Gasteiger partial charge in [-0.3, -0.25) is 4.98 Å². The van der Waals surface area contributed by atoms with E-state index in [1.54, 1.807) is 11.3 Å². The van der Waals surface area contributed by atoms with Crippen LogP contribution in [0.5, 0.6) is 0 Å². The first kappa shape index (κ1) is 14.4. The molecule has 3 rings (SSSR count). The minimum absolute atomic E-state index is 0.979. The summed E-state index contributed by atoms with van der Waals surface area (Å²) in [5.74, 6) is 0. The molecule has 2 nitrogen and oxygen atoms in total. The summed E-state index contributed by atoms with van der Waals surface area (Å²) in [6.07, 6.45) is 1.90. The average molecular weight is 359 g/mol.